The molecule has 0 aliphatic carbocycles. The molecule has 2 heterocycles. The average Bonchev–Trinajstić information content (AvgIpc) is 2.76. The lowest BCUT2D eigenvalue weighted by Gasteiger charge is -2.31. The molecule has 1 aliphatic rings. The van der Waals surface area contributed by atoms with Gasteiger partial charge >= 0.3 is 0 Å². The zero-order valence-corrected chi connectivity index (χ0v) is 16.4. The van der Waals surface area contributed by atoms with Crippen molar-refractivity contribution in [2.75, 3.05) is 25.0 Å². The van der Waals surface area contributed by atoms with E-state index in [9.17, 15) is 14.4 Å². The standard InChI is InChI=1S/C22H23N5O3/c28-19(23-15-6-2-1-3-7-15)14-27-12-10-16(11-13-27)24-22(30)20-17-8-4-5-9-18(17)21(29)26-25-20/h1-9,16H,10-14H2,(H,23,28)(H,24,30)(H,26,29). The van der Waals surface area contributed by atoms with Crippen molar-refractivity contribution in [3.05, 3.63) is 70.6 Å². The molecule has 0 unspecified atom stereocenters. The minimum atomic E-state index is -0.316. The van der Waals surface area contributed by atoms with Gasteiger partial charge in [-0.3, -0.25) is 19.3 Å². The number of aromatic nitrogens is 2. The summed E-state index contributed by atoms with van der Waals surface area (Å²) in [5.41, 5.74) is 0.685. The van der Waals surface area contributed by atoms with Gasteiger partial charge in [-0.05, 0) is 31.0 Å². The highest BCUT2D eigenvalue weighted by Crippen LogP contribution is 2.15. The third kappa shape index (κ3) is 4.55. The Kier molecular flexibility index (Phi) is 5.85. The minimum Gasteiger partial charge on any atom is -0.348 e. The van der Waals surface area contributed by atoms with E-state index in [0.29, 0.717) is 30.4 Å². The van der Waals surface area contributed by atoms with Crippen LogP contribution in [0.4, 0.5) is 5.69 Å². The van der Waals surface area contributed by atoms with Crippen LogP contribution in [0.2, 0.25) is 0 Å². The van der Waals surface area contributed by atoms with Crippen LogP contribution in [-0.2, 0) is 4.79 Å². The molecular weight excluding hydrogens is 382 g/mol. The molecule has 0 bridgehead atoms. The van der Waals surface area contributed by atoms with Crippen molar-refractivity contribution in [3.63, 3.8) is 0 Å². The Balaban J connectivity index is 1.31. The number of nitrogens with zero attached hydrogens (tertiary/aromatic N) is 2. The number of likely N-dealkylation sites (tertiary alicyclic amines) is 1. The number of amides is 2. The van der Waals surface area contributed by atoms with Crippen molar-refractivity contribution >= 4 is 28.3 Å². The molecule has 3 N–H and O–H groups in total. The van der Waals surface area contributed by atoms with E-state index in [-0.39, 0.29) is 29.1 Å². The van der Waals surface area contributed by atoms with Gasteiger partial charge in [0, 0.05) is 30.2 Å². The summed E-state index contributed by atoms with van der Waals surface area (Å²) in [6, 6.07) is 16.3. The van der Waals surface area contributed by atoms with Gasteiger partial charge in [0.25, 0.3) is 11.5 Å². The van der Waals surface area contributed by atoms with E-state index in [2.05, 4.69) is 25.7 Å². The smallest absolute Gasteiger partial charge is 0.272 e. The Bertz CT molecular complexity index is 1100. The van der Waals surface area contributed by atoms with E-state index in [4.69, 9.17) is 0 Å². The molecule has 1 aromatic heterocycles. The molecular formula is C22H23N5O3. The molecule has 0 atom stereocenters. The Labute approximate surface area is 173 Å². The van der Waals surface area contributed by atoms with Gasteiger partial charge in [0.1, 0.15) is 0 Å². The minimum absolute atomic E-state index is 0.00146. The number of fused-ring (bicyclic) bond motifs is 1. The maximum Gasteiger partial charge on any atom is 0.272 e. The average molecular weight is 405 g/mol. The molecule has 3 aromatic rings. The topological polar surface area (TPSA) is 107 Å². The Morgan fingerprint density at radius 2 is 1.67 bits per heavy atom. The second kappa shape index (κ2) is 8.87. The van der Waals surface area contributed by atoms with Crippen molar-refractivity contribution < 1.29 is 9.59 Å². The van der Waals surface area contributed by atoms with Crippen LogP contribution in [0.3, 0.4) is 0 Å². The molecule has 8 nitrogen and oxygen atoms in total. The molecule has 0 spiro atoms. The van der Waals surface area contributed by atoms with Crippen LogP contribution >= 0.6 is 0 Å². The quantitative estimate of drug-likeness (QED) is 0.600. The highest BCUT2D eigenvalue weighted by Gasteiger charge is 2.24. The highest BCUT2D eigenvalue weighted by molar-refractivity contribution is 6.04. The number of aromatic amines is 1. The summed E-state index contributed by atoms with van der Waals surface area (Å²) in [6.07, 6.45) is 1.48. The molecule has 1 fully saturated rings. The summed E-state index contributed by atoms with van der Waals surface area (Å²) < 4.78 is 0. The van der Waals surface area contributed by atoms with Gasteiger partial charge in [-0.25, -0.2) is 5.10 Å². The number of benzene rings is 2. The van der Waals surface area contributed by atoms with E-state index in [1.165, 1.54) is 0 Å². The fourth-order valence-corrected chi connectivity index (χ4v) is 3.70. The normalized spacial score (nSPS) is 15.1. The lowest BCUT2D eigenvalue weighted by molar-refractivity contribution is -0.117. The lowest BCUT2D eigenvalue weighted by atomic mass is 10.0. The Morgan fingerprint density at radius 1 is 1.00 bits per heavy atom. The SMILES string of the molecule is O=C(CN1CCC(NC(=O)c2n[nH]c(=O)c3ccccc23)CC1)Nc1ccccc1. The zero-order valence-electron chi connectivity index (χ0n) is 16.4. The summed E-state index contributed by atoms with van der Waals surface area (Å²) in [5.74, 6) is -0.352. The first kappa shape index (κ1) is 19.8. The monoisotopic (exact) mass is 405 g/mol. The molecule has 30 heavy (non-hydrogen) atoms. The second-order valence-corrected chi connectivity index (χ2v) is 7.39. The van der Waals surface area contributed by atoms with Crippen molar-refractivity contribution in [2.24, 2.45) is 0 Å². The molecule has 154 valence electrons. The van der Waals surface area contributed by atoms with Crippen LogP contribution in [0.5, 0.6) is 0 Å². The van der Waals surface area contributed by atoms with Crippen molar-refractivity contribution in [2.45, 2.75) is 18.9 Å². The van der Waals surface area contributed by atoms with E-state index in [0.717, 1.165) is 18.5 Å². The number of piperidine rings is 1. The first-order chi connectivity index (χ1) is 14.6. The summed E-state index contributed by atoms with van der Waals surface area (Å²) in [7, 11) is 0. The van der Waals surface area contributed by atoms with E-state index < -0.39 is 0 Å². The van der Waals surface area contributed by atoms with E-state index >= 15 is 0 Å². The number of carbonyl (C=O) groups excluding carboxylic acids is 2. The fraction of sp³-hybridized carbons (Fsp3) is 0.273. The third-order valence-corrected chi connectivity index (χ3v) is 5.26. The number of rotatable bonds is 5. The van der Waals surface area contributed by atoms with Gasteiger partial charge in [0.05, 0.1) is 11.9 Å². The van der Waals surface area contributed by atoms with Crippen molar-refractivity contribution in [3.8, 4) is 0 Å². The summed E-state index contributed by atoms with van der Waals surface area (Å²) in [4.78, 5) is 38.9. The zero-order chi connectivity index (χ0) is 20.9. The summed E-state index contributed by atoms with van der Waals surface area (Å²) >= 11 is 0. The maximum atomic E-state index is 12.7. The van der Waals surface area contributed by atoms with Gasteiger partial charge in [-0.15, -0.1) is 0 Å². The maximum absolute atomic E-state index is 12.7. The second-order valence-electron chi connectivity index (χ2n) is 7.39. The number of para-hydroxylation sites is 1. The fourth-order valence-electron chi connectivity index (χ4n) is 3.70. The molecule has 2 amide bonds. The number of nitrogens with one attached hydrogen (secondary N) is 3. The predicted octanol–water partition coefficient (Wildman–Crippen LogP) is 1.76. The molecule has 1 saturated heterocycles. The number of anilines is 1. The number of hydrogen-bond acceptors (Lipinski definition) is 5. The van der Waals surface area contributed by atoms with Crippen LogP contribution in [0.15, 0.2) is 59.4 Å². The highest BCUT2D eigenvalue weighted by atomic mass is 16.2. The predicted molar refractivity (Wildman–Crippen MR) is 114 cm³/mol. The molecule has 0 radical (unpaired) electrons. The van der Waals surface area contributed by atoms with Crippen molar-refractivity contribution in [1.29, 1.82) is 0 Å². The van der Waals surface area contributed by atoms with Crippen LogP contribution in [0.1, 0.15) is 23.3 Å². The van der Waals surface area contributed by atoms with Crippen LogP contribution in [-0.4, -0.2) is 52.6 Å². The van der Waals surface area contributed by atoms with Crippen molar-refractivity contribution in [1.82, 2.24) is 20.4 Å². The van der Waals surface area contributed by atoms with Gasteiger partial charge in [-0.2, -0.15) is 5.10 Å². The summed E-state index contributed by atoms with van der Waals surface area (Å²) in [6.45, 7) is 1.75. The molecule has 0 saturated carbocycles. The number of hydrogen-bond donors (Lipinski definition) is 3. The van der Waals surface area contributed by atoms with Gasteiger partial charge < -0.3 is 10.6 Å². The molecule has 8 heteroatoms. The van der Waals surface area contributed by atoms with Gasteiger partial charge in [-0.1, -0.05) is 36.4 Å². The summed E-state index contributed by atoms with van der Waals surface area (Å²) in [5, 5.41) is 13.2. The van der Waals surface area contributed by atoms with Crippen LogP contribution < -0.4 is 16.2 Å². The third-order valence-electron chi connectivity index (χ3n) is 5.26. The van der Waals surface area contributed by atoms with Crippen LogP contribution in [0.25, 0.3) is 10.8 Å². The Hall–Kier alpha value is -3.52. The molecule has 4 rings (SSSR count). The first-order valence-electron chi connectivity index (χ1n) is 9.96. The molecule has 2 aromatic carbocycles. The number of carbonyl (C=O) groups is 2. The van der Waals surface area contributed by atoms with E-state index in [1.54, 1.807) is 24.3 Å². The molecule has 1 aliphatic heterocycles. The van der Waals surface area contributed by atoms with E-state index in [1.807, 2.05) is 30.3 Å². The van der Waals surface area contributed by atoms with Crippen LogP contribution in [0, 0.1) is 0 Å². The number of H-pyrrole nitrogens is 1. The first-order valence-corrected chi connectivity index (χ1v) is 9.96. The largest absolute Gasteiger partial charge is 0.348 e. The van der Waals surface area contributed by atoms with Gasteiger partial charge in [0.15, 0.2) is 5.69 Å². The van der Waals surface area contributed by atoms with Gasteiger partial charge in [0.2, 0.25) is 5.91 Å². The lowest BCUT2D eigenvalue weighted by Crippen LogP contribution is -2.46. The Morgan fingerprint density at radius 3 is 2.40 bits per heavy atom.